The minimum atomic E-state index is -0.225. The molecule has 0 radical (unpaired) electrons. The van der Waals surface area contributed by atoms with Crippen LogP contribution in [0, 0.1) is 0 Å². The predicted octanol–water partition coefficient (Wildman–Crippen LogP) is 1.38. The first-order valence-electron chi connectivity index (χ1n) is 5.23. The number of aromatic hydroxyl groups is 1. The molecule has 0 aliphatic carbocycles. The number of nitrogens with one attached hydrogen (secondary N) is 1. The Morgan fingerprint density at radius 3 is 2.65 bits per heavy atom. The molecule has 0 spiro atoms. The maximum atomic E-state index is 11.5. The monoisotopic (exact) mass is 258 g/mol. The Bertz CT molecular complexity index is 369. The van der Waals surface area contributed by atoms with Gasteiger partial charge in [0, 0.05) is 20.6 Å². The van der Waals surface area contributed by atoms with E-state index in [2.05, 4.69) is 5.32 Å². The summed E-state index contributed by atoms with van der Waals surface area (Å²) in [7, 11) is 3.46. The Morgan fingerprint density at radius 2 is 2.12 bits per heavy atom. The predicted molar refractivity (Wildman–Crippen MR) is 70.4 cm³/mol. The van der Waals surface area contributed by atoms with E-state index in [0.717, 1.165) is 5.56 Å². The molecule has 0 saturated heterocycles. The second-order valence-electron chi connectivity index (χ2n) is 4.01. The molecule has 1 atom stereocenters. The van der Waals surface area contributed by atoms with Gasteiger partial charge in [0.15, 0.2) is 0 Å². The normalized spacial score (nSPS) is 11.5. The number of nitrogens with zero attached hydrogens (tertiary/aromatic N) is 1. The molecule has 1 aromatic carbocycles. The molecule has 0 bridgehead atoms. The molecule has 0 heterocycles. The summed E-state index contributed by atoms with van der Waals surface area (Å²) in [5, 5.41) is 12.4. The largest absolute Gasteiger partial charge is 0.508 e. The molecule has 0 unspecified atom stereocenters. The molecular formula is C12H19ClN2O2. The van der Waals surface area contributed by atoms with Gasteiger partial charge in [-0.2, -0.15) is 0 Å². The van der Waals surface area contributed by atoms with Crippen molar-refractivity contribution in [2.75, 3.05) is 14.1 Å². The number of phenolic OH excluding ortho intramolecular Hbond substituents is 1. The summed E-state index contributed by atoms with van der Waals surface area (Å²) in [5.41, 5.74) is 0.957. The molecule has 1 aromatic rings. The number of likely N-dealkylation sites (N-methyl/N-ethyl adjacent to an activating group) is 1. The van der Waals surface area contributed by atoms with Gasteiger partial charge in [-0.05, 0) is 24.6 Å². The third-order valence-corrected chi connectivity index (χ3v) is 2.33. The van der Waals surface area contributed by atoms with Crippen LogP contribution in [0.2, 0.25) is 0 Å². The van der Waals surface area contributed by atoms with Crippen LogP contribution in [0.4, 0.5) is 0 Å². The van der Waals surface area contributed by atoms with Gasteiger partial charge < -0.3 is 15.3 Å². The average molecular weight is 259 g/mol. The van der Waals surface area contributed by atoms with Crippen molar-refractivity contribution in [3.63, 3.8) is 0 Å². The minimum Gasteiger partial charge on any atom is -0.508 e. The lowest BCUT2D eigenvalue weighted by molar-refractivity contribution is -0.130. The Labute approximate surface area is 108 Å². The summed E-state index contributed by atoms with van der Waals surface area (Å²) in [6.07, 6.45) is 0. The molecule has 4 nitrogen and oxygen atoms in total. The molecule has 0 aromatic heterocycles. The summed E-state index contributed by atoms with van der Waals surface area (Å²) in [5.74, 6) is 0.283. The van der Waals surface area contributed by atoms with E-state index in [1.807, 2.05) is 13.0 Å². The minimum absolute atomic E-state index is 0. The van der Waals surface area contributed by atoms with Crippen molar-refractivity contribution in [3.8, 4) is 5.75 Å². The quantitative estimate of drug-likeness (QED) is 0.858. The van der Waals surface area contributed by atoms with Gasteiger partial charge in [-0.1, -0.05) is 12.1 Å². The Balaban J connectivity index is 0.00000256. The molecule has 0 aliphatic rings. The molecule has 0 fully saturated rings. The van der Waals surface area contributed by atoms with Crippen molar-refractivity contribution in [2.45, 2.75) is 19.5 Å². The number of hydrogen-bond donors (Lipinski definition) is 2. The molecular weight excluding hydrogens is 240 g/mol. The topological polar surface area (TPSA) is 52.6 Å². The summed E-state index contributed by atoms with van der Waals surface area (Å²) >= 11 is 0. The lowest BCUT2D eigenvalue weighted by Crippen LogP contribution is -2.41. The molecule has 2 N–H and O–H groups in total. The SMILES string of the molecule is C[C@@H](NCc1cccc(O)c1)C(=O)N(C)C.Cl. The highest BCUT2D eigenvalue weighted by Crippen LogP contribution is 2.10. The second kappa shape index (κ2) is 7.14. The van der Waals surface area contributed by atoms with Gasteiger partial charge in [-0.3, -0.25) is 4.79 Å². The summed E-state index contributed by atoms with van der Waals surface area (Å²) in [6.45, 7) is 2.39. The maximum absolute atomic E-state index is 11.5. The fourth-order valence-corrected chi connectivity index (χ4v) is 1.41. The van der Waals surface area contributed by atoms with Gasteiger partial charge in [-0.15, -0.1) is 12.4 Å². The van der Waals surface area contributed by atoms with Crippen molar-refractivity contribution in [1.82, 2.24) is 10.2 Å². The van der Waals surface area contributed by atoms with E-state index in [0.29, 0.717) is 6.54 Å². The summed E-state index contributed by atoms with van der Waals surface area (Å²) < 4.78 is 0. The first-order valence-corrected chi connectivity index (χ1v) is 5.23. The van der Waals surface area contributed by atoms with E-state index in [1.165, 1.54) is 0 Å². The maximum Gasteiger partial charge on any atom is 0.238 e. The van der Waals surface area contributed by atoms with Crippen molar-refractivity contribution in [3.05, 3.63) is 29.8 Å². The van der Waals surface area contributed by atoms with Gasteiger partial charge in [0.1, 0.15) is 5.75 Å². The number of carbonyl (C=O) groups excluding carboxylic acids is 1. The molecule has 5 heteroatoms. The number of phenols is 1. The Hall–Kier alpha value is -1.26. The molecule has 1 rings (SSSR count). The number of rotatable bonds is 4. The van der Waals surface area contributed by atoms with E-state index in [9.17, 15) is 9.90 Å². The first-order chi connectivity index (χ1) is 7.50. The Kier molecular flexibility index (Phi) is 6.61. The lowest BCUT2D eigenvalue weighted by Gasteiger charge is -2.18. The van der Waals surface area contributed by atoms with E-state index in [-0.39, 0.29) is 30.1 Å². The van der Waals surface area contributed by atoms with Gasteiger partial charge >= 0.3 is 0 Å². The molecule has 1 amide bonds. The summed E-state index contributed by atoms with van der Waals surface area (Å²) in [4.78, 5) is 13.1. The third kappa shape index (κ3) is 5.06. The van der Waals surface area contributed by atoms with Crippen LogP contribution in [0.15, 0.2) is 24.3 Å². The van der Waals surface area contributed by atoms with E-state index >= 15 is 0 Å². The molecule has 17 heavy (non-hydrogen) atoms. The smallest absolute Gasteiger partial charge is 0.238 e. The second-order valence-corrected chi connectivity index (χ2v) is 4.01. The first kappa shape index (κ1) is 15.7. The van der Waals surface area contributed by atoms with Gasteiger partial charge in [-0.25, -0.2) is 0 Å². The molecule has 0 aliphatic heterocycles. The van der Waals surface area contributed by atoms with Crippen LogP contribution in [0.1, 0.15) is 12.5 Å². The van der Waals surface area contributed by atoms with Crippen LogP contribution in [0.5, 0.6) is 5.75 Å². The van der Waals surface area contributed by atoms with Crippen LogP contribution in [0.25, 0.3) is 0 Å². The van der Waals surface area contributed by atoms with Gasteiger partial charge in [0.2, 0.25) is 5.91 Å². The third-order valence-electron chi connectivity index (χ3n) is 2.33. The number of carbonyl (C=O) groups is 1. The highest BCUT2D eigenvalue weighted by molar-refractivity contribution is 5.85. The zero-order valence-electron chi connectivity index (χ0n) is 10.3. The fraction of sp³-hybridized carbons (Fsp3) is 0.417. The van der Waals surface area contributed by atoms with E-state index in [4.69, 9.17) is 0 Å². The molecule has 0 saturated carbocycles. The summed E-state index contributed by atoms with van der Waals surface area (Å²) in [6, 6.07) is 6.76. The Morgan fingerprint density at radius 1 is 1.47 bits per heavy atom. The van der Waals surface area contributed by atoms with Crippen LogP contribution < -0.4 is 5.32 Å². The zero-order valence-corrected chi connectivity index (χ0v) is 11.1. The highest BCUT2D eigenvalue weighted by atomic mass is 35.5. The van der Waals surface area contributed by atoms with Crippen LogP contribution in [-0.2, 0) is 11.3 Å². The average Bonchev–Trinajstić information content (AvgIpc) is 2.24. The number of halogens is 1. The standard InChI is InChI=1S/C12H18N2O2.ClH/c1-9(12(16)14(2)3)13-8-10-5-4-6-11(15)7-10;/h4-7,9,13,15H,8H2,1-3H3;1H/t9-;/m1./s1. The number of amides is 1. The van der Waals surface area contributed by atoms with Crippen molar-refractivity contribution in [2.24, 2.45) is 0 Å². The van der Waals surface area contributed by atoms with E-state index in [1.54, 1.807) is 37.2 Å². The van der Waals surface area contributed by atoms with Crippen molar-refractivity contribution < 1.29 is 9.90 Å². The number of hydrogen-bond acceptors (Lipinski definition) is 3. The van der Waals surface area contributed by atoms with Gasteiger partial charge in [0.25, 0.3) is 0 Å². The zero-order chi connectivity index (χ0) is 12.1. The van der Waals surface area contributed by atoms with Crippen LogP contribution >= 0.6 is 12.4 Å². The van der Waals surface area contributed by atoms with Crippen molar-refractivity contribution >= 4 is 18.3 Å². The van der Waals surface area contributed by atoms with Gasteiger partial charge in [0.05, 0.1) is 6.04 Å². The highest BCUT2D eigenvalue weighted by Gasteiger charge is 2.13. The fourth-order valence-electron chi connectivity index (χ4n) is 1.41. The van der Waals surface area contributed by atoms with E-state index < -0.39 is 0 Å². The van der Waals surface area contributed by atoms with Crippen LogP contribution in [-0.4, -0.2) is 36.1 Å². The van der Waals surface area contributed by atoms with Crippen molar-refractivity contribution in [1.29, 1.82) is 0 Å². The molecule has 96 valence electrons. The lowest BCUT2D eigenvalue weighted by atomic mass is 10.2. The number of benzene rings is 1. The van der Waals surface area contributed by atoms with Crippen LogP contribution in [0.3, 0.4) is 0 Å².